The molecule has 0 fully saturated rings. The Bertz CT molecular complexity index is 273. The molecule has 0 spiro atoms. The number of nitrogens with zero attached hydrogens (tertiary/aromatic N) is 1. The molecule has 0 aliphatic heterocycles. The van der Waals surface area contributed by atoms with Crippen molar-refractivity contribution < 1.29 is 9.47 Å². The molecule has 0 aliphatic carbocycles. The lowest BCUT2D eigenvalue weighted by Crippen LogP contribution is -2.33. The predicted molar refractivity (Wildman–Crippen MR) is 65.4 cm³/mol. The molecular weight excluding hydrogens is 202 g/mol. The van der Waals surface area contributed by atoms with Gasteiger partial charge in [0.2, 0.25) is 0 Å². The molecule has 0 atom stereocenters. The van der Waals surface area contributed by atoms with E-state index < -0.39 is 0 Å². The zero-order chi connectivity index (χ0) is 11.8. The minimum atomic E-state index is -0.138. The molecule has 0 bridgehead atoms. The molecule has 3 nitrogen and oxygen atoms in total. The first kappa shape index (κ1) is 13.2. The Balaban J connectivity index is 2.27. The van der Waals surface area contributed by atoms with Crippen molar-refractivity contribution in [2.24, 2.45) is 0 Å². The summed E-state index contributed by atoms with van der Waals surface area (Å²) >= 11 is 0. The van der Waals surface area contributed by atoms with Crippen LogP contribution in [0.5, 0.6) is 0 Å². The van der Waals surface area contributed by atoms with Crippen LogP contribution in [0.15, 0.2) is 30.3 Å². The maximum atomic E-state index is 5.16. The molecule has 1 aromatic carbocycles. The maximum Gasteiger partial charge on any atom is 0.169 e. The lowest BCUT2D eigenvalue weighted by molar-refractivity contribution is -0.113. The molecule has 1 aromatic rings. The van der Waals surface area contributed by atoms with Gasteiger partial charge in [-0.1, -0.05) is 30.3 Å². The average molecular weight is 223 g/mol. The zero-order valence-corrected chi connectivity index (χ0v) is 10.3. The summed E-state index contributed by atoms with van der Waals surface area (Å²) in [7, 11) is 5.41. The summed E-state index contributed by atoms with van der Waals surface area (Å²) in [6, 6.07) is 10.5. The number of rotatable bonds is 7. The average Bonchev–Trinajstić information content (AvgIpc) is 2.34. The Kier molecular flexibility index (Phi) is 6.08. The van der Waals surface area contributed by atoms with Crippen LogP contribution in [0.1, 0.15) is 5.56 Å². The van der Waals surface area contributed by atoms with E-state index in [-0.39, 0.29) is 6.29 Å². The van der Waals surface area contributed by atoms with Gasteiger partial charge in [-0.2, -0.15) is 0 Å². The van der Waals surface area contributed by atoms with E-state index in [1.54, 1.807) is 14.2 Å². The number of ether oxygens (including phenoxy) is 2. The Morgan fingerprint density at radius 1 is 1.12 bits per heavy atom. The van der Waals surface area contributed by atoms with Gasteiger partial charge in [-0.3, -0.25) is 0 Å². The van der Waals surface area contributed by atoms with Gasteiger partial charge in [-0.05, 0) is 19.0 Å². The van der Waals surface area contributed by atoms with Crippen LogP contribution >= 0.6 is 0 Å². The number of benzene rings is 1. The van der Waals surface area contributed by atoms with E-state index in [9.17, 15) is 0 Å². The first-order chi connectivity index (χ1) is 7.76. The highest BCUT2D eigenvalue weighted by atomic mass is 16.7. The Hall–Kier alpha value is -0.900. The molecular formula is C13H21NO2. The Morgan fingerprint density at radius 3 is 2.31 bits per heavy atom. The van der Waals surface area contributed by atoms with E-state index in [1.807, 2.05) is 6.07 Å². The van der Waals surface area contributed by atoms with Gasteiger partial charge in [-0.25, -0.2) is 0 Å². The van der Waals surface area contributed by atoms with Crippen molar-refractivity contribution >= 4 is 0 Å². The van der Waals surface area contributed by atoms with Gasteiger partial charge in [0, 0.05) is 27.3 Å². The molecule has 0 saturated carbocycles. The van der Waals surface area contributed by atoms with Crippen LogP contribution < -0.4 is 0 Å². The van der Waals surface area contributed by atoms with Crippen LogP contribution in [-0.4, -0.2) is 45.5 Å². The summed E-state index contributed by atoms with van der Waals surface area (Å²) in [6.07, 6.45) is 0.915. The summed E-state index contributed by atoms with van der Waals surface area (Å²) in [5.74, 6) is 0. The van der Waals surface area contributed by atoms with Crippen molar-refractivity contribution in [1.82, 2.24) is 4.90 Å². The first-order valence-electron chi connectivity index (χ1n) is 5.54. The van der Waals surface area contributed by atoms with Gasteiger partial charge in [0.15, 0.2) is 6.29 Å². The third-order valence-corrected chi connectivity index (χ3v) is 2.61. The van der Waals surface area contributed by atoms with Crippen molar-refractivity contribution in [3.05, 3.63) is 35.9 Å². The molecule has 0 aliphatic rings. The largest absolute Gasteiger partial charge is 0.355 e. The van der Waals surface area contributed by atoms with E-state index in [0.29, 0.717) is 0 Å². The van der Waals surface area contributed by atoms with E-state index in [2.05, 4.69) is 36.2 Å². The summed E-state index contributed by atoms with van der Waals surface area (Å²) in [5, 5.41) is 0. The molecule has 1 rings (SSSR count). The molecule has 0 N–H and O–H groups in total. The van der Waals surface area contributed by atoms with Crippen LogP contribution in [0.4, 0.5) is 0 Å². The van der Waals surface area contributed by atoms with Crippen molar-refractivity contribution in [2.75, 3.05) is 34.4 Å². The second-order valence-electron chi connectivity index (χ2n) is 3.90. The second-order valence-corrected chi connectivity index (χ2v) is 3.90. The van der Waals surface area contributed by atoms with E-state index in [1.165, 1.54) is 5.56 Å². The topological polar surface area (TPSA) is 21.7 Å². The fourth-order valence-electron chi connectivity index (χ4n) is 1.56. The Morgan fingerprint density at radius 2 is 1.75 bits per heavy atom. The SMILES string of the molecule is COC(CN(C)CCc1ccccc1)OC. The molecule has 0 heterocycles. The monoisotopic (exact) mass is 223 g/mol. The summed E-state index contributed by atoms with van der Waals surface area (Å²) in [6.45, 7) is 1.80. The highest BCUT2D eigenvalue weighted by Gasteiger charge is 2.08. The maximum absolute atomic E-state index is 5.16. The standard InChI is InChI=1S/C13H21NO2/c1-14(11-13(15-2)16-3)10-9-12-7-5-4-6-8-12/h4-8,13H,9-11H2,1-3H3. The van der Waals surface area contributed by atoms with Gasteiger partial charge >= 0.3 is 0 Å². The van der Waals surface area contributed by atoms with E-state index in [0.717, 1.165) is 19.5 Å². The minimum Gasteiger partial charge on any atom is -0.355 e. The Labute approximate surface area is 98.0 Å². The van der Waals surface area contributed by atoms with Crippen molar-refractivity contribution in [2.45, 2.75) is 12.7 Å². The molecule has 16 heavy (non-hydrogen) atoms. The quantitative estimate of drug-likeness (QED) is 0.658. The lowest BCUT2D eigenvalue weighted by Gasteiger charge is -2.21. The van der Waals surface area contributed by atoms with Gasteiger partial charge in [-0.15, -0.1) is 0 Å². The van der Waals surface area contributed by atoms with Crippen LogP contribution in [0, 0.1) is 0 Å². The van der Waals surface area contributed by atoms with Crippen LogP contribution in [0.2, 0.25) is 0 Å². The molecule has 0 saturated heterocycles. The first-order valence-corrected chi connectivity index (χ1v) is 5.54. The normalized spacial score (nSPS) is 11.3. The third kappa shape index (κ3) is 4.75. The smallest absolute Gasteiger partial charge is 0.169 e. The van der Waals surface area contributed by atoms with E-state index in [4.69, 9.17) is 9.47 Å². The molecule has 0 amide bonds. The van der Waals surface area contributed by atoms with Gasteiger partial charge < -0.3 is 14.4 Å². The van der Waals surface area contributed by atoms with Gasteiger partial charge in [0.1, 0.15) is 0 Å². The number of hydrogen-bond acceptors (Lipinski definition) is 3. The number of methoxy groups -OCH3 is 2. The molecule has 0 radical (unpaired) electrons. The van der Waals surface area contributed by atoms with Crippen LogP contribution in [0.25, 0.3) is 0 Å². The predicted octanol–water partition coefficient (Wildman–Crippen LogP) is 1.78. The van der Waals surface area contributed by atoms with Gasteiger partial charge in [0.25, 0.3) is 0 Å². The van der Waals surface area contributed by atoms with Gasteiger partial charge in [0.05, 0.1) is 0 Å². The second kappa shape index (κ2) is 7.39. The van der Waals surface area contributed by atoms with Crippen molar-refractivity contribution in [1.29, 1.82) is 0 Å². The van der Waals surface area contributed by atoms with Crippen LogP contribution in [0.3, 0.4) is 0 Å². The minimum absolute atomic E-state index is 0.138. The van der Waals surface area contributed by atoms with Crippen molar-refractivity contribution in [3.63, 3.8) is 0 Å². The summed E-state index contributed by atoms with van der Waals surface area (Å²) in [4.78, 5) is 2.21. The lowest BCUT2D eigenvalue weighted by atomic mass is 10.1. The highest BCUT2D eigenvalue weighted by molar-refractivity contribution is 5.14. The van der Waals surface area contributed by atoms with Crippen LogP contribution in [-0.2, 0) is 15.9 Å². The zero-order valence-electron chi connectivity index (χ0n) is 10.3. The number of likely N-dealkylation sites (N-methyl/N-ethyl adjacent to an activating group) is 1. The van der Waals surface area contributed by atoms with E-state index >= 15 is 0 Å². The molecule has 0 aromatic heterocycles. The number of hydrogen-bond donors (Lipinski definition) is 0. The third-order valence-electron chi connectivity index (χ3n) is 2.61. The summed E-state index contributed by atoms with van der Waals surface area (Å²) in [5.41, 5.74) is 1.36. The fraction of sp³-hybridized carbons (Fsp3) is 0.538. The summed E-state index contributed by atoms with van der Waals surface area (Å²) < 4.78 is 10.3. The molecule has 0 unspecified atom stereocenters. The van der Waals surface area contributed by atoms with Crippen molar-refractivity contribution in [3.8, 4) is 0 Å². The fourth-order valence-corrected chi connectivity index (χ4v) is 1.56. The molecule has 90 valence electrons. The highest BCUT2D eigenvalue weighted by Crippen LogP contribution is 2.01. The molecule has 3 heteroatoms.